The van der Waals surface area contributed by atoms with Gasteiger partial charge in [-0.15, -0.1) is 0 Å². The van der Waals surface area contributed by atoms with Gasteiger partial charge in [0.25, 0.3) is 0 Å². The standard InChI is InChI=1S/C13H27NO2S/c1-11(2)8-13(9-14-10-13)6-7-17(15,16)12(3,4)5/h11,14H,6-10H2,1-5H3. The zero-order valence-corrected chi connectivity index (χ0v) is 12.7. The first-order valence-corrected chi connectivity index (χ1v) is 8.16. The molecule has 1 aliphatic rings. The molecular weight excluding hydrogens is 234 g/mol. The molecule has 1 N–H and O–H groups in total. The summed E-state index contributed by atoms with van der Waals surface area (Å²) in [7, 11) is -2.97. The Morgan fingerprint density at radius 2 is 1.76 bits per heavy atom. The number of nitrogens with one attached hydrogen (secondary N) is 1. The number of sulfone groups is 1. The molecule has 102 valence electrons. The zero-order chi connectivity index (χ0) is 13.3. The topological polar surface area (TPSA) is 46.2 Å². The van der Waals surface area contributed by atoms with Gasteiger partial charge in [-0.1, -0.05) is 13.8 Å². The molecule has 1 heterocycles. The van der Waals surface area contributed by atoms with Gasteiger partial charge in [-0.3, -0.25) is 0 Å². The Labute approximate surface area is 106 Å². The van der Waals surface area contributed by atoms with Crippen molar-refractivity contribution in [3.05, 3.63) is 0 Å². The van der Waals surface area contributed by atoms with E-state index < -0.39 is 14.6 Å². The van der Waals surface area contributed by atoms with Crippen LogP contribution in [-0.2, 0) is 9.84 Å². The van der Waals surface area contributed by atoms with Crippen LogP contribution < -0.4 is 5.32 Å². The molecule has 17 heavy (non-hydrogen) atoms. The van der Waals surface area contributed by atoms with E-state index in [0.717, 1.165) is 25.9 Å². The number of hydrogen-bond acceptors (Lipinski definition) is 3. The Morgan fingerprint density at radius 3 is 2.06 bits per heavy atom. The van der Waals surface area contributed by atoms with E-state index >= 15 is 0 Å². The summed E-state index contributed by atoms with van der Waals surface area (Å²) in [4.78, 5) is 0. The molecule has 4 heteroatoms. The lowest BCUT2D eigenvalue weighted by Gasteiger charge is -2.44. The third-order valence-corrected chi connectivity index (χ3v) is 6.28. The lowest BCUT2D eigenvalue weighted by molar-refractivity contribution is 0.126. The van der Waals surface area contributed by atoms with Gasteiger partial charge in [0.05, 0.1) is 10.5 Å². The van der Waals surface area contributed by atoms with Gasteiger partial charge in [-0.25, -0.2) is 8.42 Å². The van der Waals surface area contributed by atoms with Crippen molar-refractivity contribution >= 4 is 9.84 Å². The van der Waals surface area contributed by atoms with Gasteiger partial charge < -0.3 is 5.32 Å². The van der Waals surface area contributed by atoms with Gasteiger partial charge in [0.1, 0.15) is 0 Å². The molecule has 3 nitrogen and oxygen atoms in total. The zero-order valence-electron chi connectivity index (χ0n) is 11.8. The van der Waals surface area contributed by atoms with E-state index in [1.807, 2.05) is 0 Å². The Bertz CT molecular complexity index is 348. The molecule has 0 aromatic carbocycles. The van der Waals surface area contributed by atoms with Gasteiger partial charge in [0.2, 0.25) is 0 Å². The van der Waals surface area contributed by atoms with E-state index in [9.17, 15) is 8.42 Å². The molecule has 0 radical (unpaired) electrons. The van der Waals surface area contributed by atoms with Gasteiger partial charge in [-0.2, -0.15) is 0 Å². The second-order valence-corrected chi connectivity index (χ2v) is 9.75. The molecule has 1 saturated heterocycles. The first-order valence-electron chi connectivity index (χ1n) is 6.51. The quantitative estimate of drug-likeness (QED) is 0.825. The Balaban J connectivity index is 2.60. The Hall–Kier alpha value is -0.0900. The molecule has 1 fully saturated rings. The van der Waals surface area contributed by atoms with Crippen molar-refractivity contribution in [3.8, 4) is 0 Å². The molecule has 0 unspecified atom stereocenters. The van der Waals surface area contributed by atoms with E-state index in [-0.39, 0.29) is 5.41 Å². The molecule has 0 bridgehead atoms. The van der Waals surface area contributed by atoms with Crippen molar-refractivity contribution in [2.45, 2.75) is 52.2 Å². The van der Waals surface area contributed by atoms with Crippen molar-refractivity contribution in [3.63, 3.8) is 0 Å². The normalized spacial score (nSPS) is 20.4. The van der Waals surface area contributed by atoms with Gasteiger partial charge in [0.15, 0.2) is 9.84 Å². The van der Waals surface area contributed by atoms with Crippen LogP contribution in [0.2, 0.25) is 0 Å². The first kappa shape index (κ1) is 15.0. The van der Waals surface area contributed by atoms with Crippen LogP contribution in [0.4, 0.5) is 0 Å². The van der Waals surface area contributed by atoms with E-state index in [1.165, 1.54) is 0 Å². The maximum Gasteiger partial charge on any atom is 0.155 e. The second kappa shape index (κ2) is 4.88. The lowest BCUT2D eigenvalue weighted by atomic mass is 9.73. The summed E-state index contributed by atoms with van der Waals surface area (Å²) in [6.07, 6.45) is 1.93. The van der Waals surface area contributed by atoms with Gasteiger partial charge >= 0.3 is 0 Å². The highest BCUT2D eigenvalue weighted by Crippen LogP contribution is 2.35. The third-order valence-electron chi connectivity index (χ3n) is 3.68. The molecule has 0 amide bonds. The van der Waals surface area contributed by atoms with Crippen LogP contribution in [0.15, 0.2) is 0 Å². The minimum atomic E-state index is -2.97. The highest BCUT2D eigenvalue weighted by molar-refractivity contribution is 7.92. The van der Waals surface area contributed by atoms with Crippen LogP contribution in [-0.4, -0.2) is 32.0 Å². The average molecular weight is 261 g/mol. The third kappa shape index (κ3) is 3.68. The van der Waals surface area contributed by atoms with Gasteiger partial charge in [-0.05, 0) is 44.9 Å². The SMILES string of the molecule is CC(C)CC1(CCS(=O)(=O)C(C)(C)C)CNC1. The molecule has 0 saturated carbocycles. The largest absolute Gasteiger partial charge is 0.316 e. The van der Waals surface area contributed by atoms with Crippen LogP contribution in [0.5, 0.6) is 0 Å². The summed E-state index contributed by atoms with van der Waals surface area (Å²) in [6.45, 7) is 11.7. The lowest BCUT2D eigenvalue weighted by Crippen LogP contribution is -2.55. The van der Waals surface area contributed by atoms with Crippen LogP contribution in [0.25, 0.3) is 0 Å². The van der Waals surface area contributed by atoms with Crippen molar-refractivity contribution in [2.75, 3.05) is 18.8 Å². The minimum Gasteiger partial charge on any atom is -0.316 e. The Morgan fingerprint density at radius 1 is 1.24 bits per heavy atom. The van der Waals surface area contributed by atoms with E-state index in [1.54, 1.807) is 20.8 Å². The molecule has 0 atom stereocenters. The smallest absolute Gasteiger partial charge is 0.155 e. The maximum absolute atomic E-state index is 12.1. The van der Waals surface area contributed by atoms with Gasteiger partial charge in [0, 0.05) is 13.1 Å². The van der Waals surface area contributed by atoms with Crippen molar-refractivity contribution in [1.82, 2.24) is 5.32 Å². The molecule has 0 aromatic rings. The Kier molecular flexibility index (Phi) is 4.30. The minimum absolute atomic E-state index is 0.229. The van der Waals surface area contributed by atoms with E-state index in [4.69, 9.17) is 0 Å². The first-order chi connectivity index (χ1) is 7.58. The molecule has 1 rings (SSSR count). The number of hydrogen-bond donors (Lipinski definition) is 1. The van der Waals surface area contributed by atoms with E-state index in [2.05, 4.69) is 19.2 Å². The number of rotatable bonds is 5. The van der Waals surface area contributed by atoms with Crippen molar-refractivity contribution < 1.29 is 8.42 Å². The summed E-state index contributed by atoms with van der Waals surface area (Å²) >= 11 is 0. The predicted octanol–water partition coefficient (Wildman–Crippen LogP) is 2.23. The molecular formula is C13H27NO2S. The fourth-order valence-corrected chi connectivity index (χ4v) is 3.74. The summed E-state index contributed by atoms with van der Waals surface area (Å²) in [5.74, 6) is 0.958. The van der Waals surface area contributed by atoms with Crippen molar-refractivity contribution in [2.24, 2.45) is 11.3 Å². The summed E-state index contributed by atoms with van der Waals surface area (Å²) < 4.78 is 23.6. The average Bonchev–Trinajstić information content (AvgIpc) is 2.07. The maximum atomic E-state index is 12.1. The van der Waals surface area contributed by atoms with Crippen LogP contribution in [0.3, 0.4) is 0 Å². The molecule has 1 aliphatic heterocycles. The van der Waals surface area contributed by atoms with E-state index in [0.29, 0.717) is 11.7 Å². The molecule has 0 spiro atoms. The van der Waals surface area contributed by atoms with Crippen LogP contribution >= 0.6 is 0 Å². The fraction of sp³-hybridized carbons (Fsp3) is 1.00. The summed E-state index contributed by atoms with van der Waals surface area (Å²) in [6, 6.07) is 0. The highest BCUT2D eigenvalue weighted by atomic mass is 32.2. The monoisotopic (exact) mass is 261 g/mol. The fourth-order valence-electron chi connectivity index (χ4n) is 2.42. The second-order valence-electron chi connectivity index (χ2n) is 6.88. The van der Waals surface area contributed by atoms with Crippen LogP contribution in [0.1, 0.15) is 47.5 Å². The summed E-state index contributed by atoms with van der Waals surface area (Å²) in [5.41, 5.74) is 0.229. The predicted molar refractivity (Wildman–Crippen MR) is 72.9 cm³/mol. The summed E-state index contributed by atoms with van der Waals surface area (Å²) in [5, 5.41) is 3.29. The highest BCUT2D eigenvalue weighted by Gasteiger charge is 2.39. The molecule has 0 aromatic heterocycles. The van der Waals surface area contributed by atoms with Crippen molar-refractivity contribution in [1.29, 1.82) is 0 Å². The molecule has 0 aliphatic carbocycles. The van der Waals surface area contributed by atoms with Crippen LogP contribution in [0, 0.1) is 11.3 Å².